The number of rotatable bonds is 2. The minimum Gasteiger partial charge on any atom is -0.310 e. The van der Waals surface area contributed by atoms with Gasteiger partial charge in [0.1, 0.15) is 0 Å². The molecule has 0 spiro atoms. The summed E-state index contributed by atoms with van der Waals surface area (Å²) in [6.45, 7) is 17.9. The molecule has 5 aromatic rings. The fourth-order valence-corrected chi connectivity index (χ4v) is 7.96. The normalized spacial score (nSPS) is 16.7. The second-order valence-electron chi connectivity index (χ2n) is 15.0. The predicted molar refractivity (Wildman–Crippen MR) is 189 cm³/mol. The summed E-state index contributed by atoms with van der Waals surface area (Å²) in [7, 11) is 0. The van der Waals surface area contributed by atoms with Crippen LogP contribution in [-0.2, 0) is 16.2 Å². The van der Waals surface area contributed by atoms with Gasteiger partial charge in [0.05, 0.1) is 22.6 Å². The summed E-state index contributed by atoms with van der Waals surface area (Å²) in [5, 5.41) is 3.00. The molecule has 0 unspecified atom stereocenters. The minimum atomic E-state index is -0.258. The maximum atomic E-state index is 13.8. The zero-order valence-corrected chi connectivity index (χ0v) is 28.1. The number of anilines is 3. The first kappa shape index (κ1) is 29.4. The monoisotopic (exact) mass is 609 g/mol. The molecule has 0 saturated carbocycles. The first-order valence-electron chi connectivity index (χ1n) is 15.7. The maximum Gasteiger partial charge on any atom is 0.197 e. The van der Waals surface area contributed by atoms with Crippen LogP contribution in [0.2, 0.25) is 0 Å². The third-order valence-electron chi connectivity index (χ3n) is 9.53. The molecule has 3 nitrogen and oxygen atoms in total. The highest BCUT2D eigenvalue weighted by atomic mass is 32.1. The van der Waals surface area contributed by atoms with Crippen LogP contribution in [0.1, 0.15) is 104 Å². The average molecular weight is 610 g/mol. The van der Waals surface area contributed by atoms with Gasteiger partial charge in [0.15, 0.2) is 11.6 Å². The number of allylic oxidation sites excluding steroid dienone is 1. The van der Waals surface area contributed by atoms with Crippen LogP contribution in [0.25, 0.3) is 16.2 Å². The largest absolute Gasteiger partial charge is 0.310 e. The van der Waals surface area contributed by atoms with Gasteiger partial charge in [-0.15, -0.1) is 11.3 Å². The molecule has 4 heteroatoms. The van der Waals surface area contributed by atoms with E-state index in [1.165, 1.54) is 22.5 Å². The van der Waals surface area contributed by atoms with Crippen molar-refractivity contribution in [3.63, 3.8) is 0 Å². The molecule has 0 fully saturated rings. The van der Waals surface area contributed by atoms with Crippen LogP contribution in [0.5, 0.6) is 0 Å². The van der Waals surface area contributed by atoms with Crippen molar-refractivity contribution < 1.29 is 9.59 Å². The molecule has 0 saturated heterocycles. The third-order valence-corrected chi connectivity index (χ3v) is 10.4. The lowest BCUT2D eigenvalue weighted by atomic mass is 9.72. The predicted octanol–water partition coefficient (Wildman–Crippen LogP) is 11.1. The summed E-state index contributed by atoms with van der Waals surface area (Å²) in [4.78, 5) is 30.0. The van der Waals surface area contributed by atoms with Crippen LogP contribution in [0, 0.1) is 0 Å². The van der Waals surface area contributed by atoms with Crippen LogP contribution < -0.4 is 4.90 Å². The number of hydrogen-bond acceptors (Lipinski definition) is 4. The van der Waals surface area contributed by atoms with Gasteiger partial charge in [-0.2, -0.15) is 0 Å². The summed E-state index contributed by atoms with van der Waals surface area (Å²) in [5.41, 5.74) is 9.82. The standard InChI is InChI=1S/C41H39NO2S/c1-39(2,3)31-23-35(42-33-15-11-9-13-29(33)41(7,8)30-14-10-12-16-34(30)42)32(40(4,5)6)21-25(31)20-28-37(43)26-19-24-17-18-45-36(24)22-27(26)38(28)44/h9-23H,1-8H3/b28-20-. The van der Waals surface area contributed by atoms with E-state index in [1.807, 2.05) is 29.7 Å². The van der Waals surface area contributed by atoms with Gasteiger partial charge < -0.3 is 4.90 Å². The van der Waals surface area contributed by atoms with Gasteiger partial charge in [-0.25, -0.2) is 0 Å². The fourth-order valence-electron chi connectivity index (χ4n) is 7.15. The number of para-hydroxylation sites is 2. The Morgan fingerprint density at radius 2 is 1.22 bits per heavy atom. The average Bonchev–Trinajstić information content (AvgIpc) is 3.53. The van der Waals surface area contributed by atoms with Crippen LogP contribution in [0.3, 0.4) is 0 Å². The van der Waals surface area contributed by atoms with Gasteiger partial charge in [0.2, 0.25) is 0 Å². The van der Waals surface area contributed by atoms with E-state index < -0.39 is 0 Å². The fraction of sp³-hybridized carbons (Fsp3) is 0.268. The Labute approximate surface area is 270 Å². The smallest absolute Gasteiger partial charge is 0.197 e. The molecule has 0 atom stereocenters. The number of Topliss-reactive ketones (excluding diaryl/α,β-unsaturated/α-hetero) is 2. The number of benzene rings is 4. The van der Waals surface area contributed by atoms with E-state index >= 15 is 0 Å². The summed E-state index contributed by atoms with van der Waals surface area (Å²) >= 11 is 1.59. The van der Waals surface area contributed by atoms with Crippen molar-refractivity contribution in [1.29, 1.82) is 0 Å². The number of thiophene rings is 1. The van der Waals surface area contributed by atoms with Crippen molar-refractivity contribution in [1.82, 2.24) is 0 Å². The molecule has 0 bridgehead atoms. The summed E-state index contributed by atoms with van der Waals surface area (Å²) in [6.07, 6.45) is 1.86. The molecule has 45 heavy (non-hydrogen) atoms. The molecule has 2 heterocycles. The maximum absolute atomic E-state index is 13.8. The van der Waals surface area contributed by atoms with Crippen molar-refractivity contribution >= 4 is 56.1 Å². The van der Waals surface area contributed by atoms with Crippen molar-refractivity contribution in [3.05, 3.63) is 129 Å². The molecule has 7 rings (SSSR count). The van der Waals surface area contributed by atoms with Gasteiger partial charge in [-0.1, -0.05) is 91.8 Å². The Morgan fingerprint density at radius 3 is 1.80 bits per heavy atom. The van der Waals surface area contributed by atoms with Gasteiger partial charge in [-0.3, -0.25) is 9.59 Å². The number of hydrogen-bond donors (Lipinski definition) is 0. The summed E-state index contributed by atoms with van der Waals surface area (Å²) in [6, 6.07) is 27.8. The second-order valence-corrected chi connectivity index (χ2v) is 16.0. The molecule has 0 amide bonds. The molecule has 0 radical (unpaired) electrons. The highest BCUT2D eigenvalue weighted by Crippen LogP contribution is 2.54. The van der Waals surface area contributed by atoms with Crippen molar-refractivity contribution in [2.24, 2.45) is 0 Å². The summed E-state index contributed by atoms with van der Waals surface area (Å²) in [5.74, 6) is -0.377. The Morgan fingerprint density at radius 1 is 0.667 bits per heavy atom. The lowest BCUT2D eigenvalue weighted by Gasteiger charge is -2.44. The molecular weight excluding hydrogens is 571 g/mol. The molecule has 4 aromatic carbocycles. The van der Waals surface area contributed by atoms with Crippen LogP contribution in [-0.4, -0.2) is 11.6 Å². The number of nitrogens with zero attached hydrogens (tertiary/aromatic N) is 1. The van der Waals surface area contributed by atoms with Gasteiger partial charge in [0, 0.05) is 21.2 Å². The van der Waals surface area contributed by atoms with E-state index in [-0.39, 0.29) is 33.4 Å². The van der Waals surface area contributed by atoms with Crippen LogP contribution in [0.4, 0.5) is 17.1 Å². The molecule has 0 N–H and O–H groups in total. The third kappa shape index (κ3) is 4.53. The van der Waals surface area contributed by atoms with E-state index in [4.69, 9.17) is 0 Å². The van der Waals surface area contributed by atoms with Gasteiger partial charge in [-0.05, 0) is 98.0 Å². The molecule has 1 aliphatic heterocycles. The number of carbonyl (C=O) groups excluding carboxylic acids is 2. The Hall–Kier alpha value is -4.28. The zero-order chi connectivity index (χ0) is 32.1. The lowest BCUT2D eigenvalue weighted by molar-refractivity contribution is 0.0990. The number of fused-ring (bicyclic) bond motifs is 4. The zero-order valence-electron chi connectivity index (χ0n) is 27.3. The Kier molecular flexibility index (Phi) is 6.45. The Balaban J connectivity index is 1.48. The van der Waals surface area contributed by atoms with E-state index in [2.05, 4.69) is 121 Å². The molecule has 2 aliphatic rings. The Bertz CT molecular complexity index is 1990. The van der Waals surface area contributed by atoms with Crippen molar-refractivity contribution in [3.8, 4) is 0 Å². The van der Waals surface area contributed by atoms with Crippen LogP contribution in [0.15, 0.2) is 89.8 Å². The van der Waals surface area contributed by atoms with E-state index in [9.17, 15) is 9.59 Å². The van der Waals surface area contributed by atoms with Gasteiger partial charge in [0.25, 0.3) is 0 Å². The highest BCUT2D eigenvalue weighted by molar-refractivity contribution is 7.17. The summed E-state index contributed by atoms with van der Waals surface area (Å²) < 4.78 is 1.02. The van der Waals surface area contributed by atoms with Gasteiger partial charge >= 0.3 is 0 Å². The van der Waals surface area contributed by atoms with E-state index in [0.717, 1.165) is 32.5 Å². The molecule has 1 aliphatic carbocycles. The SMILES string of the molecule is CC(C)(C)c1cc(N2c3ccccc3C(C)(C)c3ccccc32)c(C(C)(C)C)cc1/C=C1/C(=O)c2cc3ccsc3cc2C1=O. The molecule has 1 aromatic heterocycles. The first-order valence-corrected chi connectivity index (χ1v) is 16.6. The minimum absolute atomic E-state index is 0.157. The van der Waals surface area contributed by atoms with Crippen molar-refractivity contribution in [2.45, 2.75) is 71.6 Å². The number of carbonyl (C=O) groups is 2. The highest BCUT2D eigenvalue weighted by Gasteiger charge is 2.39. The number of ketones is 2. The second kappa shape index (κ2) is 9.86. The van der Waals surface area contributed by atoms with Crippen LogP contribution >= 0.6 is 11.3 Å². The molecule has 226 valence electrons. The topological polar surface area (TPSA) is 37.4 Å². The van der Waals surface area contributed by atoms with E-state index in [1.54, 1.807) is 11.3 Å². The first-order chi connectivity index (χ1) is 21.2. The van der Waals surface area contributed by atoms with Crippen molar-refractivity contribution in [2.75, 3.05) is 4.90 Å². The quantitative estimate of drug-likeness (QED) is 0.148. The van der Waals surface area contributed by atoms with E-state index in [0.29, 0.717) is 11.1 Å². The molecular formula is C41H39NO2S. The lowest BCUT2D eigenvalue weighted by Crippen LogP contribution is -2.32.